The van der Waals surface area contributed by atoms with E-state index in [0.717, 1.165) is 11.3 Å². The number of carbonyl (C=O) groups excluding carboxylic acids is 2. The number of benzene rings is 1. The third-order valence-electron chi connectivity index (χ3n) is 4.04. The number of rotatable bonds is 5. The second-order valence-corrected chi connectivity index (χ2v) is 6.35. The Bertz CT molecular complexity index is 601. The number of hydrogen-bond acceptors (Lipinski definition) is 4. The summed E-state index contributed by atoms with van der Waals surface area (Å²) < 4.78 is 10.7. The Hall–Kier alpha value is -2.08. The molecule has 6 nitrogen and oxygen atoms in total. The quantitative estimate of drug-likeness (QED) is 0.834. The Balaban J connectivity index is 2.20. The lowest BCUT2D eigenvalue weighted by molar-refractivity contribution is -0.137. The number of amides is 2. The molecule has 0 saturated heterocycles. The van der Waals surface area contributed by atoms with Crippen LogP contribution in [-0.4, -0.2) is 49.6 Å². The van der Waals surface area contributed by atoms with Crippen molar-refractivity contribution in [2.24, 2.45) is 5.92 Å². The SMILES string of the molecule is COCCNC(=O)c1ccc2c(c1)CN(C(=O)C(C)C)C(C)CO2. The molecule has 0 spiro atoms. The summed E-state index contributed by atoms with van der Waals surface area (Å²) in [5.74, 6) is 0.589. The lowest BCUT2D eigenvalue weighted by Crippen LogP contribution is -2.42. The Morgan fingerprint density at radius 3 is 2.83 bits per heavy atom. The van der Waals surface area contributed by atoms with Crippen molar-refractivity contribution in [2.75, 3.05) is 26.9 Å². The summed E-state index contributed by atoms with van der Waals surface area (Å²) in [6, 6.07) is 5.34. The van der Waals surface area contributed by atoms with Crippen LogP contribution < -0.4 is 10.1 Å². The van der Waals surface area contributed by atoms with Gasteiger partial charge in [-0.15, -0.1) is 0 Å². The van der Waals surface area contributed by atoms with Gasteiger partial charge in [0.05, 0.1) is 12.6 Å². The number of ether oxygens (including phenoxy) is 2. The molecule has 2 rings (SSSR count). The van der Waals surface area contributed by atoms with Crippen molar-refractivity contribution in [2.45, 2.75) is 33.4 Å². The molecule has 1 N–H and O–H groups in total. The third-order valence-corrected chi connectivity index (χ3v) is 4.04. The molecule has 1 heterocycles. The van der Waals surface area contributed by atoms with Gasteiger partial charge in [0.25, 0.3) is 5.91 Å². The molecule has 1 aromatic rings. The predicted molar refractivity (Wildman–Crippen MR) is 91.0 cm³/mol. The molecule has 1 unspecified atom stereocenters. The van der Waals surface area contributed by atoms with E-state index < -0.39 is 0 Å². The van der Waals surface area contributed by atoms with Gasteiger partial charge in [0.15, 0.2) is 0 Å². The van der Waals surface area contributed by atoms with Crippen molar-refractivity contribution in [3.05, 3.63) is 29.3 Å². The zero-order chi connectivity index (χ0) is 17.7. The molecule has 0 aromatic heterocycles. The van der Waals surface area contributed by atoms with Crippen molar-refractivity contribution in [3.63, 3.8) is 0 Å². The van der Waals surface area contributed by atoms with Crippen LogP contribution in [0.4, 0.5) is 0 Å². The monoisotopic (exact) mass is 334 g/mol. The fourth-order valence-electron chi connectivity index (χ4n) is 2.62. The molecule has 0 aliphatic carbocycles. The first kappa shape index (κ1) is 18.3. The summed E-state index contributed by atoms with van der Waals surface area (Å²) in [4.78, 5) is 26.5. The second kappa shape index (κ2) is 8.15. The maximum absolute atomic E-state index is 12.4. The van der Waals surface area contributed by atoms with Crippen LogP contribution in [-0.2, 0) is 16.1 Å². The van der Waals surface area contributed by atoms with Gasteiger partial charge in [0.2, 0.25) is 5.91 Å². The molecule has 0 bridgehead atoms. The van der Waals surface area contributed by atoms with Crippen LogP contribution in [0.5, 0.6) is 5.75 Å². The molecule has 1 aromatic carbocycles. The van der Waals surface area contributed by atoms with E-state index >= 15 is 0 Å². The van der Waals surface area contributed by atoms with Crippen molar-refractivity contribution in [1.29, 1.82) is 0 Å². The maximum Gasteiger partial charge on any atom is 0.251 e. The average Bonchev–Trinajstić information content (AvgIpc) is 2.73. The van der Waals surface area contributed by atoms with Crippen LogP contribution >= 0.6 is 0 Å². The van der Waals surface area contributed by atoms with Crippen molar-refractivity contribution in [1.82, 2.24) is 10.2 Å². The number of methoxy groups -OCH3 is 1. The van der Waals surface area contributed by atoms with Crippen molar-refractivity contribution >= 4 is 11.8 Å². The summed E-state index contributed by atoms with van der Waals surface area (Å²) in [5.41, 5.74) is 1.41. The Morgan fingerprint density at radius 1 is 1.42 bits per heavy atom. The largest absolute Gasteiger partial charge is 0.491 e. The van der Waals surface area contributed by atoms with Gasteiger partial charge in [0.1, 0.15) is 12.4 Å². The fraction of sp³-hybridized carbons (Fsp3) is 0.556. The highest BCUT2D eigenvalue weighted by molar-refractivity contribution is 5.94. The molecule has 6 heteroatoms. The minimum absolute atomic E-state index is 0.00807. The maximum atomic E-state index is 12.4. The highest BCUT2D eigenvalue weighted by Crippen LogP contribution is 2.27. The third kappa shape index (κ3) is 4.26. The number of nitrogens with zero attached hydrogens (tertiary/aromatic N) is 1. The van der Waals surface area contributed by atoms with Gasteiger partial charge in [-0.1, -0.05) is 13.8 Å². The first-order valence-corrected chi connectivity index (χ1v) is 8.27. The molecular formula is C18H26N2O4. The van der Waals surface area contributed by atoms with Gasteiger partial charge in [0, 0.05) is 37.2 Å². The van der Waals surface area contributed by atoms with E-state index in [9.17, 15) is 9.59 Å². The van der Waals surface area contributed by atoms with Crippen LogP contribution in [0.3, 0.4) is 0 Å². The number of fused-ring (bicyclic) bond motifs is 1. The standard InChI is InChI=1S/C18H26N2O4/c1-12(2)18(22)20-10-15-9-14(17(21)19-7-8-23-4)5-6-16(15)24-11-13(20)3/h5-6,9,12-13H,7-8,10-11H2,1-4H3,(H,19,21). The average molecular weight is 334 g/mol. The summed E-state index contributed by atoms with van der Waals surface area (Å²) in [6.45, 7) is 7.58. The fourth-order valence-corrected chi connectivity index (χ4v) is 2.62. The van der Waals surface area contributed by atoms with Crippen molar-refractivity contribution in [3.8, 4) is 5.75 Å². The van der Waals surface area contributed by atoms with Gasteiger partial charge in [-0.25, -0.2) is 0 Å². The smallest absolute Gasteiger partial charge is 0.251 e. The van der Waals surface area contributed by atoms with Crippen LogP contribution in [0.25, 0.3) is 0 Å². The highest BCUT2D eigenvalue weighted by Gasteiger charge is 2.27. The van der Waals surface area contributed by atoms with E-state index in [1.165, 1.54) is 0 Å². The molecule has 0 saturated carbocycles. The number of hydrogen-bond donors (Lipinski definition) is 1. The zero-order valence-electron chi connectivity index (χ0n) is 14.8. The van der Waals surface area contributed by atoms with E-state index in [1.54, 1.807) is 25.3 Å². The molecule has 24 heavy (non-hydrogen) atoms. The molecule has 1 atom stereocenters. The lowest BCUT2D eigenvalue weighted by Gasteiger charge is -2.28. The molecule has 2 amide bonds. The minimum Gasteiger partial charge on any atom is -0.491 e. The van der Waals surface area contributed by atoms with Crippen molar-refractivity contribution < 1.29 is 19.1 Å². The minimum atomic E-state index is -0.158. The van der Waals surface area contributed by atoms with Gasteiger partial charge in [-0.3, -0.25) is 9.59 Å². The van der Waals surface area contributed by atoms with E-state index in [0.29, 0.717) is 31.9 Å². The zero-order valence-corrected chi connectivity index (χ0v) is 14.8. The Labute approximate surface area is 143 Å². The second-order valence-electron chi connectivity index (χ2n) is 6.35. The molecule has 0 fully saturated rings. The predicted octanol–water partition coefficient (Wildman–Crippen LogP) is 1.83. The van der Waals surface area contributed by atoms with Crippen LogP contribution in [0.15, 0.2) is 18.2 Å². The number of nitrogens with one attached hydrogen (secondary N) is 1. The van der Waals surface area contributed by atoms with Crippen LogP contribution in [0.1, 0.15) is 36.7 Å². The topological polar surface area (TPSA) is 67.9 Å². The van der Waals surface area contributed by atoms with Gasteiger partial charge in [-0.05, 0) is 25.1 Å². The van der Waals surface area contributed by atoms with E-state index in [4.69, 9.17) is 9.47 Å². The summed E-state index contributed by atoms with van der Waals surface area (Å²) in [7, 11) is 1.59. The van der Waals surface area contributed by atoms with Gasteiger partial charge in [-0.2, -0.15) is 0 Å². The Kier molecular flexibility index (Phi) is 6.20. The molecule has 1 aliphatic rings. The van der Waals surface area contributed by atoms with Gasteiger partial charge >= 0.3 is 0 Å². The molecular weight excluding hydrogens is 308 g/mol. The van der Waals surface area contributed by atoms with E-state index in [2.05, 4.69) is 5.32 Å². The normalized spacial score (nSPS) is 17.0. The van der Waals surface area contributed by atoms with Crippen LogP contribution in [0, 0.1) is 5.92 Å². The summed E-state index contributed by atoms with van der Waals surface area (Å²) in [6.07, 6.45) is 0. The summed E-state index contributed by atoms with van der Waals surface area (Å²) >= 11 is 0. The Morgan fingerprint density at radius 2 is 2.17 bits per heavy atom. The highest BCUT2D eigenvalue weighted by atomic mass is 16.5. The molecule has 1 aliphatic heterocycles. The first-order valence-electron chi connectivity index (χ1n) is 8.27. The molecule has 0 radical (unpaired) electrons. The van der Waals surface area contributed by atoms with E-state index in [-0.39, 0.29) is 23.8 Å². The number of carbonyl (C=O) groups is 2. The first-order chi connectivity index (χ1) is 11.4. The lowest BCUT2D eigenvalue weighted by atomic mass is 10.1. The molecule has 132 valence electrons. The van der Waals surface area contributed by atoms with Crippen LogP contribution in [0.2, 0.25) is 0 Å². The van der Waals surface area contributed by atoms with E-state index in [1.807, 2.05) is 25.7 Å². The summed E-state index contributed by atoms with van der Waals surface area (Å²) in [5, 5.41) is 2.80. The van der Waals surface area contributed by atoms with Gasteiger partial charge < -0.3 is 19.7 Å².